The molecule has 1 N–H and O–H groups in total. The van der Waals surface area contributed by atoms with Crippen molar-refractivity contribution in [1.29, 1.82) is 0 Å². The van der Waals surface area contributed by atoms with Gasteiger partial charge in [-0.25, -0.2) is 12.8 Å². The average molecular weight is 444 g/mol. The molecule has 140 valence electrons. The van der Waals surface area contributed by atoms with Crippen LogP contribution >= 0.6 is 15.9 Å². The number of aliphatic carboxylic acids is 1. The smallest absolute Gasteiger partial charge is 0.303 e. The maximum atomic E-state index is 13.5. The number of nitrogens with zero attached hydrogens (tertiary/aromatic N) is 1. The van der Waals surface area contributed by atoms with Gasteiger partial charge in [-0.15, -0.1) is 0 Å². The van der Waals surface area contributed by atoms with Crippen molar-refractivity contribution in [3.8, 4) is 0 Å². The van der Waals surface area contributed by atoms with Crippen molar-refractivity contribution in [1.82, 2.24) is 4.31 Å². The molecule has 26 heavy (non-hydrogen) atoms. The summed E-state index contributed by atoms with van der Waals surface area (Å²) in [4.78, 5) is 10.8. The molecule has 0 atom stereocenters. The normalized spacial score (nSPS) is 11.7. The number of carboxylic acids is 1. The summed E-state index contributed by atoms with van der Waals surface area (Å²) < 4.78 is 41.6. The molecule has 0 unspecified atom stereocenters. The lowest BCUT2D eigenvalue weighted by molar-refractivity contribution is -0.137. The Kier molecular flexibility index (Phi) is 6.91. The lowest BCUT2D eigenvalue weighted by Gasteiger charge is -2.22. The van der Waals surface area contributed by atoms with Gasteiger partial charge < -0.3 is 5.11 Å². The molecule has 0 radical (unpaired) electrons. The summed E-state index contributed by atoms with van der Waals surface area (Å²) in [5.41, 5.74) is 1.01. The Morgan fingerprint density at radius 1 is 1.19 bits per heavy atom. The SMILES string of the molecule is Cc1cc(S(=O)(=O)N(CCCC(=O)O)Cc2ccc(Br)cc2)ccc1F. The summed E-state index contributed by atoms with van der Waals surface area (Å²) in [7, 11) is -3.88. The van der Waals surface area contributed by atoms with Crippen LogP contribution in [0.3, 0.4) is 0 Å². The van der Waals surface area contributed by atoms with E-state index in [0.717, 1.165) is 16.1 Å². The van der Waals surface area contributed by atoms with Crippen LogP contribution in [0.4, 0.5) is 4.39 Å². The molecule has 8 heteroatoms. The summed E-state index contributed by atoms with van der Waals surface area (Å²) in [6.45, 7) is 1.66. The van der Waals surface area contributed by atoms with Gasteiger partial charge in [0.05, 0.1) is 4.90 Å². The van der Waals surface area contributed by atoms with E-state index < -0.39 is 21.8 Å². The van der Waals surface area contributed by atoms with Gasteiger partial charge in [-0.1, -0.05) is 28.1 Å². The van der Waals surface area contributed by atoms with Gasteiger partial charge in [0.25, 0.3) is 0 Å². The predicted molar refractivity (Wildman–Crippen MR) is 99.7 cm³/mol. The van der Waals surface area contributed by atoms with Gasteiger partial charge >= 0.3 is 5.97 Å². The van der Waals surface area contributed by atoms with Crippen LogP contribution in [0.25, 0.3) is 0 Å². The molecule has 0 saturated heterocycles. The fraction of sp³-hybridized carbons (Fsp3) is 0.278. The molecule has 5 nitrogen and oxygen atoms in total. The minimum atomic E-state index is -3.88. The molecule has 2 aromatic rings. The van der Waals surface area contributed by atoms with Crippen LogP contribution < -0.4 is 0 Å². The van der Waals surface area contributed by atoms with Gasteiger partial charge in [-0.3, -0.25) is 4.79 Å². The molecular weight excluding hydrogens is 425 g/mol. The minimum Gasteiger partial charge on any atom is -0.481 e. The van der Waals surface area contributed by atoms with E-state index in [2.05, 4.69) is 15.9 Å². The van der Waals surface area contributed by atoms with E-state index in [1.54, 1.807) is 24.3 Å². The molecule has 0 amide bonds. The van der Waals surface area contributed by atoms with Gasteiger partial charge in [0.1, 0.15) is 5.82 Å². The van der Waals surface area contributed by atoms with E-state index in [1.807, 2.05) is 0 Å². The second-order valence-corrected chi connectivity index (χ2v) is 8.73. The van der Waals surface area contributed by atoms with Gasteiger partial charge in [0, 0.05) is 24.0 Å². The largest absolute Gasteiger partial charge is 0.481 e. The standard InChI is InChI=1S/C18H19BrFNO4S/c1-13-11-16(8-9-17(13)20)26(24,25)21(10-2-3-18(22)23)12-14-4-6-15(19)7-5-14/h4-9,11H,2-3,10,12H2,1H3,(H,22,23). The van der Waals surface area contributed by atoms with E-state index in [0.29, 0.717) is 0 Å². The molecule has 0 fully saturated rings. The number of rotatable bonds is 8. The number of benzene rings is 2. The van der Waals surface area contributed by atoms with Gasteiger partial charge in [0.2, 0.25) is 10.0 Å². The van der Waals surface area contributed by atoms with Crippen LogP contribution in [0.2, 0.25) is 0 Å². The van der Waals surface area contributed by atoms with E-state index in [4.69, 9.17) is 5.11 Å². The van der Waals surface area contributed by atoms with Crippen molar-refractivity contribution in [2.75, 3.05) is 6.54 Å². The fourth-order valence-electron chi connectivity index (χ4n) is 2.41. The topological polar surface area (TPSA) is 74.7 Å². The highest BCUT2D eigenvalue weighted by Crippen LogP contribution is 2.22. The molecule has 0 bridgehead atoms. The predicted octanol–water partition coefficient (Wildman–Crippen LogP) is 3.95. The summed E-state index contributed by atoms with van der Waals surface area (Å²) in [6, 6.07) is 10.8. The third kappa shape index (κ3) is 5.36. The fourth-order valence-corrected chi connectivity index (χ4v) is 4.23. The first-order valence-corrected chi connectivity index (χ1v) is 10.2. The zero-order valence-corrected chi connectivity index (χ0v) is 16.6. The average Bonchev–Trinajstić information content (AvgIpc) is 2.57. The van der Waals surface area contributed by atoms with Crippen molar-refractivity contribution < 1.29 is 22.7 Å². The van der Waals surface area contributed by atoms with E-state index in [9.17, 15) is 17.6 Å². The Labute approximate surface area is 160 Å². The van der Waals surface area contributed by atoms with E-state index in [1.165, 1.54) is 23.4 Å². The molecule has 0 aromatic heterocycles. The van der Waals surface area contributed by atoms with Crippen molar-refractivity contribution in [2.45, 2.75) is 31.2 Å². The van der Waals surface area contributed by atoms with E-state index in [-0.39, 0.29) is 36.4 Å². The molecule has 0 saturated carbocycles. The lowest BCUT2D eigenvalue weighted by atomic mass is 10.2. The molecule has 2 aromatic carbocycles. The lowest BCUT2D eigenvalue weighted by Crippen LogP contribution is -2.32. The third-order valence-corrected chi connectivity index (χ3v) is 6.21. The number of hydrogen-bond donors (Lipinski definition) is 1. The van der Waals surface area contributed by atoms with Crippen molar-refractivity contribution in [3.63, 3.8) is 0 Å². The number of carboxylic acid groups (broad SMARTS) is 1. The van der Waals surface area contributed by atoms with Crippen LogP contribution in [0.15, 0.2) is 51.8 Å². The summed E-state index contributed by atoms with van der Waals surface area (Å²) in [5.74, 6) is -1.46. The zero-order chi connectivity index (χ0) is 19.3. The highest BCUT2D eigenvalue weighted by molar-refractivity contribution is 9.10. The van der Waals surface area contributed by atoms with E-state index >= 15 is 0 Å². The van der Waals surface area contributed by atoms with Crippen LogP contribution in [-0.2, 0) is 21.4 Å². The second kappa shape index (κ2) is 8.75. The number of halogens is 2. The summed E-state index contributed by atoms with van der Waals surface area (Å²) >= 11 is 3.33. The first-order valence-electron chi connectivity index (χ1n) is 7.92. The third-order valence-electron chi connectivity index (χ3n) is 3.84. The van der Waals surface area contributed by atoms with Crippen LogP contribution in [-0.4, -0.2) is 30.3 Å². The molecule has 2 rings (SSSR count). The molecule has 0 aliphatic heterocycles. The van der Waals surface area contributed by atoms with Crippen LogP contribution in [0.5, 0.6) is 0 Å². The van der Waals surface area contributed by atoms with Crippen molar-refractivity contribution in [3.05, 3.63) is 63.9 Å². The Hall–Kier alpha value is -1.77. The quantitative estimate of drug-likeness (QED) is 0.669. The summed E-state index contributed by atoms with van der Waals surface area (Å²) in [5, 5.41) is 8.82. The number of carbonyl (C=O) groups is 1. The molecule has 0 spiro atoms. The number of hydrogen-bond acceptors (Lipinski definition) is 3. The Bertz CT molecular complexity index is 885. The van der Waals surface area contributed by atoms with Crippen LogP contribution in [0, 0.1) is 12.7 Å². The van der Waals surface area contributed by atoms with Crippen molar-refractivity contribution in [2.24, 2.45) is 0 Å². The second-order valence-electron chi connectivity index (χ2n) is 5.87. The van der Waals surface area contributed by atoms with Gasteiger partial charge in [-0.2, -0.15) is 4.31 Å². The monoisotopic (exact) mass is 443 g/mol. The minimum absolute atomic E-state index is 0.0103. The Balaban J connectivity index is 2.31. The summed E-state index contributed by atoms with van der Waals surface area (Å²) in [6.07, 6.45) is 0.0556. The first kappa shape index (κ1) is 20.5. The maximum Gasteiger partial charge on any atom is 0.303 e. The Morgan fingerprint density at radius 3 is 2.42 bits per heavy atom. The highest BCUT2D eigenvalue weighted by Gasteiger charge is 2.25. The highest BCUT2D eigenvalue weighted by atomic mass is 79.9. The molecule has 0 aliphatic rings. The first-order chi connectivity index (χ1) is 12.2. The number of aryl methyl sites for hydroxylation is 1. The molecule has 0 aliphatic carbocycles. The van der Waals surface area contributed by atoms with Gasteiger partial charge in [-0.05, 0) is 54.8 Å². The van der Waals surface area contributed by atoms with Crippen LogP contribution in [0.1, 0.15) is 24.0 Å². The molecule has 0 heterocycles. The molecular formula is C18H19BrFNO4S. The van der Waals surface area contributed by atoms with Gasteiger partial charge in [0.15, 0.2) is 0 Å². The van der Waals surface area contributed by atoms with Crippen molar-refractivity contribution >= 4 is 31.9 Å². The zero-order valence-electron chi connectivity index (χ0n) is 14.2. The maximum absolute atomic E-state index is 13.5. The number of sulfonamides is 1. The Morgan fingerprint density at radius 2 is 1.85 bits per heavy atom.